The normalized spacial score (nSPS) is 23.5. The second-order valence-corrected chi connectivity index (χ2v) is 5.72. The Balaban J connectivity index is 1.39. The van der Waals surface area contributed by atoms with E-state index in [1.807, 2.05) is 12.3 Å². The molecule has 3 rings (SSSR count). The van der Waals surface area contributed by atoms with Gasteiger partial charge in [0.2, 0.25) is 0 Å². The van der Waals surface area contributed by atoms with E-state index in [0.29, 0.717) is 12.1 Å². The van der Waals surface area contributed by atoms with Crippen LogP contribution in [0.2, 0.25) is 0 Å². The average molecular weight is 260 g/mol. The van der Waals surface area contributed by atoms with Crippen LogP contribution in [-0.2, 0) is 11.2 Å². The molecule has 1 heterocycles. The second-order valence-electron chi connectivity index (χ2n) is 5.72. The highest BCUT2D eigenvalue weighted by Gasteiger charge is 2.22. The Morgan fingerprint density at radius 3 is 3.00 bits per heavy atom. The highest BCUT2D eigenvalue weighted by atomic mass is 16.5. The third-order valence-electron chi connectivity index (χ3n) is 4.36. The van der Waals surface area contributed by atoms with Crippen LogP contribution in [-0.4, -0.2) is 24.2 Å². The Bertz CT molecular complexity index is 401. The quantitative estimate of drug-likeness (QED) is 0.826. The van der Waals surface area contributed by atoms with Gasteiger partial charge in [0, 0.05) is 12.7 Å². The number of nitrogens with zero attached hydrogens (tertiary/aromatic N) is 1. The molecule has 1 N–H and O–H groups in total. The maximum Gasteiger partial charge on any atom is 0.0605 e. The van der Waals surface area contributed by atoms with Crippen molar-refractivity contribution in [2.75, 3.05) is 13.2 Å². The first-order chi connectivity index (χ1) is 9.43. The average Bonchev–Trinajstić information content (AvgIpc) is 2.88. The topological polar surface area (TPSA) is 34.2 Å². The van der Waals surface area contributed by atoms with E-state index in [-0.39, 0.29) is 0 Å². The summed E-state index contributed by atoms with van der Waals surface area (Å²) < 4.78 is 5.95. The molecule has 19 heavy (non-hydrogen) atoms. The molecular weight excluding hydrogens is 236 g/mol. The molecule has 1 aromatic rings. The molecule has 0 radical (unpaired) electrons. The van der Waals surface area contributed by atoms with Crippen LogP contribution in [0, 0.1) is 0 Å². The van der Waals surface area contributed by atoms with E-state index >= 15 is 0 Å². The number of aryl methyl sites for hydroxylation is 1. The molecule has 2 aliphatic rings. The molecule has 0 bridgehead atoms. The van der Waals surface area contributed by atoms with Crippen molar-refractivity contribution < 1.29 is 4.74 Å². The van der Waals surface area contributed by atoms with Crippen LogP contribution in [0.5, 0.6) is 0 Å². The van der Waals surface area contributed by atoms with Gasteiger partial charge in [-0.15, -0.1) is 0 Å². The minimum atomic E-state index is 0.436. The highest BCUT2D eigenvalue weighted by Crippen LogP contribution is 2.28. The zero-order valence-electron chi connectivity index (χ0n) is 11.6. The third-order valence-corrected chi connectivity index (χ3v) is 4.36. The van der Waals surface area contributed by atoms with Crippen molar-refractivity contribution in [3.63, 3.8) is 0 Å². The second kappa shape index (κ2) is 6.49. The smallest absolute Gasteiger partial charge is 0.0605 e. The van der Waals surface area contributed by atoms with Gasteiger partial charge in [-0.25, -0.2) is 0 Å². The van der Waals surface area contributed by atoms with Gasteiger partial charge < -0.3 is 10.1 Å². The molecule has 0 aliphatic heterocycles. The van der Waals surface area contributed by atoms with Crippen LogP contribution in [0.1, 0.15) is 55.8 Å². The molecule has 104 valence electrons. The molecule has 1 unspecified atom stereocenters. The summed E-state index contributed by atoms with van der Waals surface area (Å²) in [5.74, 6) is 0. The Labute approximate surface area is 115 Å². The molecule has 3 heteroatoms. The van der Waals surface area contributed by atoms with Crippen molar-refractivity contribution in [2.24, 2.45) is 0 Å². The number of fused-ring (bicyclic) bond motifs is 1. The van der Waals surface area contributed by atoms with Gasteiger partial charge in [0.05, 0.1) is 24.4 Å². The van der Waals surface area contributed by atoms with Crippen molar-refractivity contribution in [2.45, 2.75) is 57.1 Å². The van der Waals surface area contributed by atoms with Crippen LogP contribution in [0.3, 0.4) is 0 Å². The van der Waals surface area contributed by atoms with E-state index in [2.05, 4.69) is 16.4 Å². The standard InChI is InChI=1S/C16H24N2O/c1-2-6-14(7-3-1)19-12-11-17-15-9-8-13-5-4-10-18-16(13)15/h4-5,10,14-15,17H,1-3,6-9,11-12H2. The number of pyridine rings is 1. The van der Waals surface area contributed by atoms with Crippen molar-refractivity contribution in [1.29, 1.82) is 0 Å². The monoisotopic (exact) mass is 260 g/mol. The summed E-state index contributed by atoms with van der Waals surface area (Å²) in [4.78, 5) is 4.51. The van der Waals surface area contributed by atoms with Crippen molar-refractivity contribution in [1.82, 2.24) is 10.3 Å². The Morgan fingerprint density at radius 2 is 2.11 bits per heavy atom. The number of aromatic nitrogens is 1. The van der Waals surface area contributed by atoms with Gasteiger partial charge in [-0.1, -0.05) is 25.3 Å². The molecule has 0 saturated heterocycles. The van der Waals surface area contributed by atoms with Crippen LogP contribution in [0.15, 0.2) is 18.3 Å². The Kier molecular flexibility index (Phi) is 4.46. The molecule has 1 atom stereocenters. The lowest BCUT2D eigenvalue weighted by atomic mass is 9.98. The highest BCUT2D eigenvalue weighted by molar-refractivity contribution is 5.27. The Hall–Kier alpha value is -0.930. The fraction of sp³-hybridized carbons (Fsp3) is 0.688. The number of hydrogen-bond donors (Lipinski definition) is 1. The molecule has 0 aromatic carbocycles. The molecular formula is C16H24N2O. The van der Waals surface area contributed by atoms with Gasteiger partial charge in [0.25, 0.3) is 0 Å². The van der Waals surface area contributed by atoms with E-state index in [1.54, 1.807) is 0 Å². The summed E-state index contributed by atoms with van der Waals surface area (Å²) in [7, 11) is 0. The number of ether oxygens (including phenoxy) is 1. The Morgan fingerprint density at radius 1 is 1.21 bits per heavy atom. The zero-order chi connectivity index (χ0) is 12.9. The summed E-state index contributed by atoms with van der Waals surface area (Å²) in [5, 5.41) is 3.59. The van der Waals surface area contributed by atoms with Gasteiger partial charge in [0.1, 0.15) is 0 Å². The first kappa shape index (κ1) is 13.1. The van der Waals surface area contributed by atoms with Crippen molar-refractivity contribution >= 4 is 0 Å². The lowest BCUT2D eigenvalue weighted by Gasteiger charge is -2.22. The SMILES string of the molecule is c1cnc2c(c1)CCC2NCCOC1CCCCC1. The predicted octanol–water partition coefficient (Wildman–Crippen LogP) is 3.01. The van der Waals surface area contributed by atoms with Crippen LogP contribution in [0.4, 0.5) is 0 Å². The van der Waals surface area contributed by atoms with Crippen LogP contribution < -0.4 is 5.32 Å². The molecule has 2 aliphatic carbocycles. The summed E-state index contributed by atoms with van der Waals surface area (Å²) in [5.41, 5.74) is 2.66. The van der Waals surface area contributed by atoms with E-state index in [4.69, 9.17) is 4.74 Å². The minimum absolute atomic E-state index is 0.436. The first-order valence-corrected chi connectivity index (χ1v) is 7.72. The van der Waals surface area contributed by atoms with Gasteiger partial charge in [-0.3, -0.25) is 4.98 Å². The van der Waals surface area contributed by atoms with Gasteiger partial charge in [-0.05, 0) is 37.3 Å². The molecule has 1 fully saturated rings. The fourth-order valence-corrected chi connectivity index (χ4v) is 3.30. The molecule has 0 spiro atoms. The number of hydrogen-bond acceptors (Lipinski definition) is 3. The lowest BCUT2D eigenvalue weighted by molar-refractivity contribution is 0.0293. The fourth-order valence-electron chi connectivity index (χ4n) is 3.30. The molecule has 1 saturated carbocycles. The van der Waals surface area contributed by atoms with Gasteiger partial charge in [-0.2, -0.15) is 0 Å². The van der Waals surface area contributed by atoms with Gasteiger partial charge >= 0.3 is 0 Å². The van der Waals surface area contributed by atoms with E-state index in [9.17, 15) is 0 Å². The summed E-state index contributed by atoms with van der Waals surface area (Å²) >= 11 is 0. The van der Waals surface area contributed by atoms with Gasteiger partial charge in [0.15, 0.2) is 0 Å². The van der Waals surface area contributed by atoms with E-state index in [1.165, 1.54) is 49.8 Å². The number of rotatable bonds is 5. The first-order valence-electron chi connectivity index (χ1n) is 7.72. The maximum absolute atomic E-state index is 5.95. The van der Waals surface area contributed by atoms with Crippen LogP contribution in [0.25, 0.3) is 0 Å². The molecule has 0 amide bonds. The summed E-state index contributed by atoms with van der Waals surface area (Å²) in [6.45, 7) is 1.78. The molecule has 1 aromatic heterocycles. The van der Waals surface area contributed by atoms with Crippen molar-refractivity contribution in [3.8, 4) is 0 Å². The molecule has 3 nitrogen and oxygen atoms in total. The lowest BCUT2D eigenvalue weighted by Crippen LogP contribution is -2.27. The largest absolute Gasteiger partial charge is 0.377 e. The van der Waals surface area contributed by atoms with Crippen LogP contribution >= 0.6 is 0 Å². The summed E-state index contributed by atoms with van der Waals surface area (Å²) in [6.07, 6.45) is 11.3. The maximum atomic E-state index is 5.95. The number of nitrogens with one attached hydrogen (secondary N) is 1. The van der Waals surface area contributed by atoms with E-state index in [0.717, 1.165) is 19.6 Å². The van der Waals surface area contributed by atoms with Crippen molar-refractivity contribution in [3.05, 3.63) is 29.6 Å². The minimum Gasteiger partial charge on any atom is -0.377 e. The zero-order valence-corrected chi connectivity index (χ0v) is 11.6. The third kappa shape index (κ3) is 3.34. The van der Waals surface area contributed by atoms with E-state index < -0.39 is 0 Å². The predicted molar refractivity (Wildman–Crippen MR) is 76.1 cm³/mol. The summed E-state index contributed by atoms with van der Waals surface area (Å²) in [6, 6.07) is 4.67.